The predicted octanol–water partition coefficient (Wildman–Crippen LogP) is 4.48. The predicted molar refractivity (Wildman–Crippen MR) is 83.5 cm³/mol. The van der Waals surface area contributed by atoms with Crippen LogP contribution in [0.2, 0.25) is 0 Å². The molecule has 0 bridgehead atoms. The minimum atomic E-state index is -0.150. The largest absolute Gasteiger partial charge is 0.320 e. The van der Waals surface area contributed by atoms with Crippen LogP contribution in [0.4, 0.5) is 5.69 Å². The van der Waals surface area contributed by atoms with Crippen molar-refractivity contribution in [3.63, 3.8) is 0 Å². The van der Waals surface area contributed by atoms with Crippen molar-refractivity contribution >= 4 is 43.5 Å². The molecule has 0 aliphatic rings. The number of hydrogen-bond donors (Lipinski definition) is 1. The van der Waals surface area contributed by atoms with Crippen LogP contribution in [0, 0.1) is 13.8 Å². The van der Waals surface area contributed by atoms with Crippen LogP contribution >= 0.6 is 31.9 Å². The summed E-state index contributed by atoms with van der Waals surface area (Å²) in [5, 5.41) is 2.87. The minimum Gasteiger partial charge on any atom is -0.320 e. The first-order valence-electron chi connectivity index (χ1n) is 5.68. The van der Waals surface area contributed by atoms with E-state index in [2.05, 4.69) is 42.2 Å². The third kappa shape index (κ3) is 3.42. The number of hydrogen-bond acceptors (Lipinski definition) is 2. The Balaban J connectivity index is 2.28. The summed E-state index contributed by atoms with van der Waals surface area (Å²) in [5.74, 6) is -0.150. The molecule has 0 aliphatic heterocycles. The number of carbonyl (C=O) groups is 1. The standard InChI is InChI=1S/C14H12Br2N2O/c1-8-3-4-11(15)10(7-8)14(19)18-12-5-6-13(16)17-9(12)2/h3-7H,1-2H3,(H,18,19). The molecule has 0 aliphatic carbocycles. The van der Waals surface area contributed by atoms with Gasteiger partial charge in [0.2, 0.25) is 0 Å². The van der Waals surface area contributed by atoms with E-state index in [-0.39, 0.29) is 5.91 Å². The van der Waals surface area contributed by atoms with E-state index < -0.39 is 0 Å². The first-order chi connectivity index (χ1) is 8.97. The van der Waals surface area contributed by atoms with E-state index in [1.54, 1.807) is 6.07 Å². The van der Waals surface area contributed by atoms with E-state index >= 15 is 0 Å². The molecule has 0 saturated heterocycles. The third-order valence-electron chi connectivity index (χ3n) is 2.67. The Labute approximate surface area is 128 Å². The fourth-order valence-electron chi connectivity index (χ4n) is 1.67. The number of aromatic nitrogens is 1. The van der Waals surface area contributed by atoms with Gasteiger partial charge in [0.05, 0.1) is 16.9 Å². The summed E-state index contributed by atoms with van der Waals surface area (Å²) >= 11 is 6.69. The van der Waals surface area contributed by atoms with Crippen LogP contribution in [0.25, 0.3) is 0 Å². The molecule has 1 amide bonds. The monoisotopic (exact) mass is 382 g/mol. The van der Waals surface area contributed by atoms with E-state index in [1.807, 2.05) is 38.1 Å². The lowest BCUT2D eigenvalue weighted by Crippen LogP contribution is -2.14. The molecule has 0 spiro atoms. The van der Waals surface area contributed by atoms with E-state index in [0.717, 1.165) is 20.3 Å². The Kier molecular flexibility index (Phi) is 4.37. The minimum absolute atomic E-state index is 0.150. The van der Waals surface area contributed by atoms with Crippen molar-refractivity contribution in [2.45, 2.75) is 13.8 Å². The van der Waals surface area contributed by atoms with E-state index in [0.29, 0.717) is 11.3 Å². The van der Waals surface area contributed by atoms with Crippen molar-refractivity contribution in [2.24, 2.45) is 0 Å². The van der Waals surface area contributed by atoms with E-state index in [1.165, 1.54) is 0 Å². The maximum atomic E-state index is 12.2. The topological polar surface area (TPSA) is 42.0 Å². The zero-order valence-corrected chi connectivity index (χ0v) is 13.7. The van der Waals surface area contributed by atoms with Gasteiger partial charge in [0.1, 0.15) is 4.60 Å². The second-order valence-electron chi connectivity index (χ2n) is 4.20. The van der Waals surface area contributed by atoms with Gasteiger partial charge in [-0.2, -0.15) is 0 Å². The van der Waals surface area contributed by atoms with Crippen LogP contribution in [0.5, 0.6) is 0 Å². The van der Waals surface area contributed by atoms with Crippen molar-refractivity contribution in [2.75, 3.05) is 5.32 Å². The molecule has 1 N–H and O–H groups in total. The van der Waals surface area contributed by atoms with Gasteiger partial charge in [-0.25, -0.2) is 4.98 Å². The molecule has 98 valence electrons. The van der Waals surface area contributed by atoms with Crippen LogP contribution in [-0.4, -0.2) is 10.9 Å². The summed E-state index contributed by atoms with van der Waals surface area (Å²) in [6.45, 7) is 3.81. The number of anilines is 1. The first-order valence-corrected chi connectivity index (χ1v) is 7.26. The fraction of sp³-hybridized carbons (Fsp3) is 0.143. The number of benzene rings is 1. The maximum absolute atomic E-state index is 12.2. The quantitative estimate of drug-likeness (QED) is 0.777. The number of halogens is 2. The molecule has 5 heteroatoms. The number of nitrogens with one attached hydrogen (secondary N) is 1. The van der Waals surface area contributed by atoms with Gasteiger partial charge in [0, 0.05) is 4.47 Å². The number of carbonyl (C=O) groups excluding carboxylic acids is 1. The van der Waals surface area contributed by atoms with Gasteiger partial charge in [0.15, 0.2) is 0 Å². The Bertz CT molecular complexity index is 641. The third-order valence-corrected chi connectivity index (χ3v) is 3.80. The first kappa shape index (κ1) is 14.2. The van der Waals surface area contributed by atoms with Gasteiger partial charge in [-0.3, -0.25) is 4.79 Å². The molecule has 0 fully saturated rings. The highest BCUT2D eigenvalue weighted by molar-refractivity contribution is 9.10. The van der Waals surface area contributed by atoms with Gasteiger partial charge < -0.3 is 5.32 Å². The molecule has 0 atom stereocenters. The molecule has 2 rings (SSSR count). The number of aryl methyl sites for hydroxylation is 2. The molecule has 0 unspecified atom stereocenters. The number of rotatable bonds is 2. The molecule has 1 heterocycles. The van der Waals surface area contributed by atoms with Gasteiger partial charge in [-0.15, -0.1) is 0 Å². The molecule has 0 saturated carbocycles. The highest BCUT2D eigenvalue weighted by atomic mass is 79.9. The van der Waals surface area contributed by atoms with Gasteiger partial charge >= 0.3 is 0 Å². The average molecular weight is 384 g/mol. The van der Waals surface area contributed by atoms with Gasteiger partial charge in [-0.05, 0) is 70.0 Å². The summed E-state index contributed by atoms with van der Waals surface area (Å²) in [5.41, 5.74) is 3.13. The second-order valence-corrected chi connectivity index (χ2v) is 5.87. The van der Waals surface area contributed by atoms with Crippen molar-refractivity contribution in [1.82, 2.24) is 4.98 Å². The van der Waals surface area contributed by atoms with Crippen LogP contribution in [0.3, 0.4) is 0 Å². The van der Waals surface area contributed by atoms with Crippen LogP contribution in [-0.2, 0) is 0 Å². The van der Waals surface area contributed by atoms with E-state index in [9.17, 15) is 4.79 Å². The second kappa shape index (κ2) is 5.84. The Morgan fingerprint density at radius 3 is 2.58 bits per heavy atom. The average Bonchev–Trinajstić information content (AvgIpc) is 2.35. The molecule has 0 radical (unpaired) electrons. The lowest BCUT2D eigenvalue weighted by Gasteiger charge is -2.09. The zero-order valence-electron chi connectivity index (χ0n) is 10.5. The SMILES string of the molecule is Cc1ccc(Br)c(C(=O)Nc2ccc(Br)nc2C)c1. The number of amides is 1. The lowest BCUT2D eigenvalue weighted by atomic mass is 10.1. The summed E-state index contributed by atoms with van der Waals surface area (Å²) in [7, 11) is 0. The highest BCUT2D eigenvalue weighted by Gasteiger charge is 2.12. The Hall–Kier alpha value is -1.20. The van der Waals surface area contributed by atoms with E-state index in [4.69, 9.17) is 0 Å². The maximum Gasteiger partial charge on any atom is 0.256 e. The van der Waals surface area contributed by atoms with Crippen molar-refractivity contribution in [3.05, 3.63) is 56.2 Å². The smallest absolute Gasteiger partial charge is 0.256 e. The summed E-state index contributed by atoms with van der Waals surface area (Å²) in [4.78, 5) is 16.5. The Morgan fingerprint density at radius 1 is 1.16 bits per heavy atom. The fourth-order valence-corrected chi connectivity index (χ4v) is 2.49. The van der Waals surface area contributed by atoms with Gasteiger partial charge in [0.25, 0.3) is 5.91 Å². The molecule has 2 aromatic rings. The molecule has 1 aromatic heterocycles. The molecule has 19 heavy (non-hydrogen) atoms. The summed E-state index contributed by atoms with van der Waals surface area (Å²) in [6, 6.07) is 9.30. The number of nitrogens with zero attached hydrogens (tertiary/aromatic N) is 1. The van der Waals surface area contributed by atoms with Crippen LogP contribution < -0.4 is 5.32 Å². The summed E-state index contributed by atoms with van der Waals surface area (Å²) < 4.78 is 1.53. The molecule has 3 nitrogen and oxygen atoms in total. The lowest BCUT2D eigenvalue weighted by molar-refractivity contribution is 0.102. The number of pyridine rings is 1. The Morgan fingerprint density at radius 2 is 1.89 bits per heavy atom. The summed E-state index contributed by atoms with van der Waals surface area (Å²) in [6.07, 6.45) is 0. The normalized spacial score (nSPS) is 10.3. The van der Waals surface area contributed by atoms with Crippen LogP contribution in [0.1, 0.15) is 21.6 Å². The molecular weight excluding hydrogens is 372 g/mol. The zero-order chi connectivity index (χ0) is 14.0. The van der Waals surface area contributed by atoms with Crippen molar-refractivity contribution in [1.29, 1.82) is 0 Å². The highest BCUT2D eigenvalue weighted by Crippen LogP contribution is 2.21. The van der Waals surface area contributed by atoms with Crippen molar-refractivity contribution < 1.29 is 4.79 Å². The molecular formula is C14H12Br2N2O. The van der Waals surface area contributed by atoms with Crippen molar-refractivity contribution in [3.8, 4) is 0 Å². The molecule has 1 aromatic carbocycles. The van der Waals surface area contributed by atoms with Gasteiger partial charge in [-0.1, -0.05) is 11.6 Å². The van der Waals surface area contributed by atoms with Crippen LogP contribution in [0.15, 0.2) is 39.4 Å².